The first-order valence-electron chi connectivity index (χ1n) is 4.81. The molecule has 0 saturated heterocycles. The molecule has 1 rings (SSSR count). The first-order valence-corrected chi connectivity index (χ1v) is 4.81. The molecule has 0 heterocycles. The van der Waals surface area contributed by atoms with Gasteiger partial charge in [0.25, 0.3) is 0 Å². The maximum absolute atomic E-state index is 5.48. The van der Waals surface area contributed by atoms with Gasteiger partial charge in [0.05, 0.1) is 13.2 Å². The van der Waals surface area contributed by atoms with E-state index in [0.717, 1.165) is 13.2 Å². The van der Waals surface area contributed by atoms with Gasteiger partial charge >= 0.3 is 0 Å². The highest BCUT2D eigenvalue weighted by Crippen LogP contribution is 1.99. The van der Waals surface area contributed by atoms with Gasteiger partial charge in [-0.05, 0) is 5.56 Å². The summed E-state index contributed by atoms with van der Waals surface area (Å²) in [6.07, 6.45) is 0. The van der Waals surface area contributed by atoms with Crippen LogP contribution < -0.4 is 5.43 Å². The normalized spacial score (nSPS) is 10.8. The lowest BCUT2D eigenvalue weighted by Gasteiger charge is -2.11. The van der Waals surface area contributed by atoms with Crippen LogP contribution >= 0.6 is 0 Å². The maximum atomic E-state index is 5.48. The summed E-state index contributed by atoms with van der Waals surface area (Å²) in [4.78, 5) is 0. The lowest BCUT2D eigenvalue weighted by molar-refractivity contribution is 0.108. The molecule has 0 fully saturated rings. The van der Waals surface area contributed by atoms with E-state index in [0.29, 0.717) is 6.61 Å². The van der Waals surface area contributed by atoms with Gasteiger partial charge in [0, 0.05) is 20.6 Å². The summed E-state index contributed by atoms with van der Waals surface area (Å²) < 4.78 is 5.48. The number of nitrogens with zero attached hydrogens (tertiary/aromatic N) is 1. The molecule has 1 aromatic carbocycles. The van der Waals surface area contributed by atoms with Crippen molar-refractivity contribution in [1.82, 2.24) is 10.4 Å². The van der Waals surface area contributed by atoms with E-state index in [1.54, 1.807) is 0 Å². The molecule has 0 radical (unpaired) electrons. The minimum atomic E-state index is 0.690. The average molecular weight is 194 g/mol. The van der Waals surface area contributed by atoms with E-state index in [-0.39, 0.29) is 0 Å². The first-order chi connectivity index (χ1) is 6.79. The van der Waals surface area contributed by atoms with Gasteiger partial charge in [0.15, 0.2) is 0 Å². The number of hydrazine groups is 1. The summed E-state index contributed by atoms with van der Waals surface area (Å²) in [7, 11) is 3.94. The molecule has 78 valence electrons. The Morgan fingerprint density at radius 2 is 1.93 bits per heavy atom. The van der Waals surface area contributed by atoms with Gasteiger partial charge in [-0.15, -0.1) is 0 Å². The van der Waals surface area contributed by atoms with Crippen molar-refractivity contribution < 1.29 is 4.74 Å². The molecule has 0 bridgehead atoms. The molecule has 0 aliphatic rings. The molecule has 0 unspecified atom stereocenters. The van der Waals surface area contributed by atoms with Crippen molar-refractivity contribution in [2.24, 2.45) is 0 Å². The Labute approximate surface area is 85.6 Å². The van der Waals surface area contributed by atoms with Crippen LogP contribution in [0.4, 0.5) is 0 Å². The van der Waals surface area contributed by atoms with Crippen molar-refractivity contribution in [3.05, 3.63) is 35.9 Å². The van der Waals surface area contributed by atoms with Gasteiger partial charge in [0.2, 0.25) is 0 Å². The van der Waals surface area contributed by atoms with Gasteiger partial charge in [-0.1, -0.05) is 30.3 Å². The van der Waals surface area contributed by atoms with Gasteiger partial charge in [0.1, 0.15) is 0 Å². The lowest BCUT2D eigenvalue weighted by Crippen LogP contribution is -2.33. The largest absolute Gasteiger partial charge is 0.375 e. The molecule has 0 amide bonds. The predicted octanol–water partition coefficient (Wildman–Crippen LogP) is 1.27. The zero-order valence-corrected chi connectivity index (χ0v) is 8.86. The summed E-state index contributed by atoms with van der Waals surface area (Å²) in [5.74, 6) is 0. The van der Waals surface area contributed by atoms with Crippen molar-refractivity contribution in [2.75, 3.05) is 27.2 Å². The van der Waals surface area contributed by atoms with E-state index >= 15 is 0 Å². The summed E-state index contributed by atoms with van der Waals surface area (Å²) in [6.45, 7) is 2.27. The topological polar surface area (TPSA) is 24.5 Å². The molecule has 1 N–H and O–H groups in total. The Kier molecular flexibility index (Phi) is 5.22. The molecule has 1 aromatic rings. The second kappa shape index (κ2) is 6.54. The van der Waals surface area contributed by atoms with E-state index in [1.807, 2.05) is 37.3 Å². The second-order valence-electron chi connectivity index (χ2n) is 3.34. The average Bonchev–Trinajstić information content (AvgIpc) is 2.18. The zero-order chi connectivity index (χ0) is 10.2. The fourth-order valence-electron chi connectivity index (χ4n) is 1.11. The molecule has 0 atom stereocenters. The van der Waals surface area contributed by atoms with Gasteiger partial charge in [-0.25, -0.2) is 0 Å². The third-order valence-corrected chi connectivity index (χ3v) is 1.79. The molecule has 14 heavy (non-hydrogen) atoms. The first kappa shape index (κ1) is 11.2. The Balaban J connectivity index is 2.05. The third kappa shape index (κ3) is 4.97. The third-order valence-electron chi connectivity index (χ3n) is 1.79. The van der Waals surface area contributed by atoms with E-state index in [1.165, 1.54) is 5.56 Å². The highest BCUT2D eigenvalue weighted by molar-refractivity contribution is 5.13. The quantitative estimate of drug-likeness (QED) is 0.545. The summed E-state index contributed by atoms with van der Waals surface area (Å²) in [5.41, 5.74) is 4.36. The van der Waals surface area contributed by atoms with Gasteiger partial charge in [-0.3, -0.25) is 10.4 Å². The van der Waals surface area contributed by atoms with Crippen molar-refractivity contribution in [2.45, 2.75) is 6.61 Å². The molecule has 0 aliphatic heterocycles. The van der Waals surface area contributed by atoms with Crippen LogP contribution in [-0.4, -0.2) is 32.3 Å². The summed E-state index contributed by atoms with van der Waals surface area (Å²) in [5, 5.41) is 1.92. The fourth-order valence-corrected chi connectivity index (χ4v) is 1.11. The monoisotopic (exact) mass is 194 g/mol. The minimum Gasteiger partial charge on any atom is -0.375 e. The number of ether oxygens (including phenoxy) is 1. The maximum Gasteiger partial charge on any atom is 0.0717 e. The molecule has 3 nitrogen and oxygen atoms in total. The van der Waals surface area contributed by atoms with E-state index in [2.05, 4.69) is 17.6 Å². The van der Waals surface area contributed by atoms with Crippen LogP contribution in [0.3, 0.4) is 0 Å². The molecule has 3 heteroatoms. The van der Waals surface area contributed by atoms with Crippen LogP contribution in [0.5, 0.6) is 0 Å². The van der Waals surface area contributed by atoms with Crippen molar-refractivity contribution in [3.8, 4) is 0 Å². The fraction of sp³-hybridized carbons (Fsp3) is 0.455. The number of nitrogens with one attached hydrogen (secondary N) is 1. The number of benzene rings is 1. The molecule has 0 aliphatic carbocycles. The van der Waals surface area contributed by atoms with Gasteiger partial charge < -0.3 is 4.74 Å². The highest BCUT2D eigenvalue weighted by atomic mass is 16.5. The predicted molar refractivity (Wildman–Crippen MR) is 57.8 cm³/mol. The molecular weight excluding hydrogens is 176 g/mol. The van der Waals surface area contributed by atoms with Crippen LogP contribution in [0.25, 0.3) is 0 Å². The Bertz CT molecular complexity index is 236. The number of hydrogen-bond donors (Lipinski definition) is 1. The second-order valence-corrected chi connectivity index (χ2v) is 3.34. The van der Waals surface area contributed by atoms with Crippen LogP contribution in [0.2, 0.25) is 0 Å². The lowest BCUT2D eigenvalue weighted by atomic mass is 10.2. The molecule has 0 spiro atoms. The van der Waals surface area contributed by atoms with Crippen LogP contribution in [-0.2, 0) is 11.3 Å². The van der Waals surface area contributed by atoms with Crippen molar-refractivity contribution >= 4 is 0 Å². The summed E-state index contributed by atoms with van der Waals surface area (Å²) in [6, 6.07) is 10.2. The van der Waals surface area contributed by atoms with E-state index < -0.39 is 0 Å². The highest BCUT2D eigenvalue weighted by Gasteiger charge is 1.91. The minimum absolute atomic E-state index is 0.690. The summed E-state index contributed by atoms with van der Waals surface area (Å²) >= 11 is 0. The molecule has 0 saturated carbocycles. The van der Waals surface area contributed by atoms with E-state index in [9.17, 15) is 0 Å². The van der Waals surface area contributed by atoms with Gasteiger partial charge in [-0.2, -0.15) is 0 Å². The van der Waals surface area contributed by atoms with Crippen molar-refractivity contribution in [1.29, 1.82) is 0 Å². The SMILES string of the molecule is CN(C)NCCOCc1ccccc1. The van der Waals surface area contributed by atoms with Crippen molar-refractivity contribution in [3.63, 3.8) is 0 Å². The smallest absolute Gasteiger partial charge is 0.0717 e. The number of rotatable bonds is 6. The van der Waals surface area contributed by atoms with Crippen LogP contribution in [0, 0.1) is 0 Å². The zero-order valence-electron chi connectivity index (χ0n) is 8.86. The Hall–Kier alpha value is -0.900. The molecule has 0 aromatic heterocycles. The van der Waals surface area contributed by atoms with Crippen LogP contribution in [0.15, 0.2) is 30.3 Å². The standard InChI is InChI=1S/C11H18N2O/c1-13(2)12-8-9-14-10-11-6-4-3-5-7-11/h3-7,12H,8-10H2,1-2H3. The van der Waals surface area contributed by atoms with E-state index in [4.69, 9.17) is 4.74 Å². The number of hydrogen-bond acceptors (Lipinski definition) is 3. The Morgan fingerprint density at radius 1 is 1.21 bits per heavy atom. The molecular formula is C11H18N2O. The Morgan fingerprint density at radius 3 is 2.57 bits per heavy atom. The van der Waals surface area contributed by atoms with Crippen LogP contribution in [0.1, 0.15) is 5.56 Å².